The second-order valence-electron chi connectivity index (χ2n) is 5.76. The number of aromatic carboxylic acids is 1. The summed E-state index contributed by atoms with van der Waals surface area (Å²) in [5, 5.41) is 13.6. The van der Waals surface area contributed by atoms with E-state index in [9.17, 15) is 9.90 Å². The molecule has 1 aromatic carbocycles. The van der Waals surface area contributed by atoms with E-state index in [0.717, 1.165) is 11.3 Å². The fraction of sp³-hybridized carbons (Fsp3) is 0.333. The molecule has 0 unspecified atom stereocenters. The van der Waals surface area contributed by atoms with Crippen LogP contribution in [0.2, 0.25) is 5.02 Å². The van der Waals surface area contributed by atoms with Crippen molar-refractivity contribution in [2.24, 2.45) is 0 Å². The van der Waals surface area contributed by atoms with Crippen molar-refractivity contribution in [1.29, 1.82) is 0 Å². The molecule has 0 saturated carbocycles. The molecule has 2 rings (SSSR count). The Morgan fingerprint density at radius 3 is 2.40 bits per heavy atom. The first-order valence-electron chi connectivity index (χ1n) is 6.31. The summed E-state index contributed by atoms with van der Waals surface area (Å²) in [4.78, 5) is 11.3. The molecule has 0 amide bonds. The number of nitrogens with zero attached hydrogens (tertiary/aromatic N) is 2. The third-order valence-electron chi connectivity index (χ3n) is 3.08. The van der Waals surface area contributed by atoms with Gasteiger partial charge in [-0.25, -0.2) is 9.48 Å². The maximum absolute atomic E-state index is 11.3. The van der Waals surface area contributed by atoms with Gasteiger partial charge in [0.15, 0.2) is 5.69 Å². The van der Waals surface area contributed by atoms with Gasteiger partial charge < -0.3 is 5.11 Å². The number of carboxylic acid groups (broad SMARTS) is 1. The highest BCUT2D eigenvalue weighted by atomic mass is 35.5. The van der Waals surface area contributed by atoms with E-state index >= 15 is 0 Å². The zero-order valence-electron chi connectivity index (χ0n) is 11.9. The first-order valence-corrected chi connectivity index (χ1v) is 6.69. The van der Waals surface area contributed by atoms with Crippen LogP contribution >= 0.6 is 11.6 Å². The second kappa shape index (κ2) is 4.94. The molecule has 0 radical (unpaired) electrons. The van der Waals surface area contributed by atoms with Crippen molar-refractivity contribution < 1.29 is 9.90 Å². The third-order valence-corrected chi connectivity index (χ3v) is 3.44. The maximum atomic E-state index is 11.3. The minimum absolute atomic E-state index is 0.111. The van der Waals surface area contributed by atoms with Crippen LogP contribution in [0, 0.1) is 6.92 Å². The van der Waals surface area contributed by atoms with E-state index in [4.69, 9.17) is 11.6 Å². The number of carbonyl (C=O) groups is 1. The molecular formula is C15H17ClN2O2. The lowest BCUT2D eigenvalue weighted by Gasteiger charge is -2.21. The minimum atomic E-state index is -1.12. The number of aromatic nitrogens is 2. The van der Waals surface area contributed by atoms with Crippen LogP contribution in [0.4, 0.5) is 0 Å². The molecule has 2 aromatic rings. The largest absolute Gasteiger partial charge is 0.476 e. The number of hydrogen-bond donors (Lipinski definition) is 1. The SMILES string of the molecule is Cc1ccccc1-n1nc(C(=O)O)c(Cl)c1C(C)(C)C. The highest BCUT2D eigenvalue weighted by Gasteiger charge is 2.30. The third kappa shape index (κ3) is 2.43. The molecule has 1 aromatic heterocycles. The summed E-state index contributed by atoms with van der Waals surface area (Å²) in [6.45, 7) is 7.90. The number of rotatable bonds is 2. The summed E-state index contributed by atoms with van der Waals surface area (Å²) >= 11 is 6.25. The molecule has 0 spiro atoms. The highest BCUT2D eigenvalue weighted by molar-refractivity contribution is 6.34. The maximum Gasteiger partial charge on any atom is 0.358 e. The Kier molecular flexibility index (Phi) is 3.61. The predicted octanol–water partition coefficient (Wildman–Crippen LogP) is 3.83. The van der Waals surface area contributed by atoms with E-state index in [2.05, 4.69) is 5.10 Å². The predicted molar refractivity (Wildman–Crippen MR) is 79.0 cm³/mol. The van der Waals surface area contributed by atoms with Crippen LogP contribution in [0.5, 0.6) is 0 Å². The number of para-hydroxylation sites is 1. The summed E-state index contributed by atoms with van der Waals surface area (Å²) in [7, 11) is 0. The average molecular weight is 293 g/mol. The Bertz CT molecular complexity index is 669. The van der Waals surface area contributed by atoms with Crippen LogP contribution in [0.25, 0.3) is 5.69 Å². The van der Waals surface area contributed by atoms with Crippen molar-refractivity contribution in [2.45, 2.75) is 33.1 Å². The summed E-state index contributed by atoms with van der Waals surface area (Å²) < 4.78 is 1.64. The lowest BCUT2D eigenvalue weighted by molar-refractivity contribution is 0.0690. The van der Waals surface area contributed by atoms with Gasteiger partial charge in [-0.2, -0.15) is 5.10 Å². The molecule has 0 atom stereocenters. The summed E-state index contributed by atoms with van der Waals surface area (Å²) in [5.41, 5.74) is 2.12. The molecule has 0 fully saturated rings. The van der Waals surface area contributed by atoms with Crippen LogP contribution < -0.4 is 0 Å². The minimum Gasteiger partial charge on any atom is -0.476 e. The molecule has 0 saturated heterocycles. The summed E-state index contributed by atoms with van der Waals surface area (Å²) in [6.07, 6.45) is 0. The van der Waals surface area contributed by atoms with Gasteiger partial charge in [0.05, 0.1) is 16.4 Å². The van der Waals surface area contributed by atoms with Crippen molar-refractivity contribution in [1.82, 2.24) is 9.78 Å². The standard InChI is InChI=1S/C15H17ClN2O2/c1-9-7-5-6-8-10(9)18-13(15(2,3)4)11(16)12(17-18)14(19)20/h5-8H,1-4H3,(H,19,20). The van der Waals surface area contributed by atoms with Crippen molar-refractivity contribution >= 4 is 17.6 Å². The van der Waals surface area contributed by atoms with Gasteiger partial charge in [-0.05, 0) is 18.6 Å². The molecule has 1 heterocycles. The van der Waals surface area contributed by atoms with Crippen molar-refractivity contribution in [2.75, 3.05) is 0 Å². The van der Waals surface area contributed by atoms with E-state index in [1.165, 1.54) is 0 Å². The normalized spacial score (nSPS) is 11.7. The Morgan fingerprint density at radius 1 is 1.30 bits per heavy atom. The van der Waals surface area contributed by atoms with Gasteiger partial charge in [0, 0.05) is 5.41 Å². The van der Waals surface area contributed by atoms with E-state index < -0.39 is 5.97 Å². The first kappa shape index (κ1) is 14.6. The Balaban J connectivity index is 2.80. The second-order valence-corrected chi connectivity index (χ2v) is 6.14. The summed E-state index contributed by atoms with van der Waals surface area (Å²) in [6, 6.07) is 7.68. The van der Waals surface area contributed by atoms with Crippen LogP contribution in [0.3, 0.4) is 0 Å². The fourth-order valence-corrected chi connectivity index (χ4v) is 2.64. The molecule has 0 aliphatic heterocycles. The van der Waals surface area contributed by atoms with Gasteiger partial charge in [0.1, 0.15) is 0 Å². The van der Waals surface area contributed by atoms with Crippen LogP contribution in [0.15, 0.2) is 24.3 Å². The van der Waals surface area contributed by atoms with Gasteiger partial charge in [0.25, 0.3) is 0 Å². The van der Waals surface area contributed by atoms with Gasteiger partial charge >= 0.3 is 5.97 Å². The van der Waals surface area contributed by atoms with E-state index in [1.807, 2.05) is 52.0 Å². The van der Waals surface area contributed by atoms with Gasteiger partial charge in [-0.1, -0.05) is 50.6 Å². The molecule has 0 aliphatic carbocycles. The molecule has 1 N–H and O–H groups in total. The average Bonchev–Trinajstić information content (AvgIpc) is 2.67. The Morgan fingerprint density at radius 2 is 1.90 bits per heavy atom. The topological polar surface area (TPSA) is 55.1 Å². The molecular weight excluding hydrogens is 276 g/mol. The summed E-state index contributed by atoms with van der Waals surface area (Å²) in [5.74, 6) is -1.12. The van der Waals surface area contributed by atoms with Crippen LogP contribution in [-0.4, -0.2) is 20.9 Å². The van der Waals surface area contributed by atoms with Gasteiger partial charge in [-0.3, -0.25) is 0 Å². The number of hydrogen-bond acceptors (Lipinski definition) is 2. The van der Waals surface area contributed by atoms with Crippen molar-refractivity contribution in [3.05, 3.63) is 46.2 Å². The van der Waals surface area contributed by atoms with Gasteiger partial charge in [-0.15, -0.1) is 0 Å². The van der Waals surface area contributed by atoms with E-state index in [0.29, 0.717) is 5.69 Å². The monoisotopic (exact) mass is 292 g/mol. The molecule has 20 heavy (non-hydrogen) atoms. The number of carboxylic acids is 1. The molecule has 106 valence electrons. The number of aryl methyl sites for hydroxylation is 1. The molecule has 4 nitrogen and oxygen atoms in total. The Labute approximate surface area is 123 Å². The zero-order chi connectivity index (χ0) is 15.1. The first-order chi connectivity index (χ1) is 9.23. The van der Waals surface area contributed by atoms with Crippen molar-refractivity contribution in [3.63, 3.8) is 0 Å². The number of benzene rings is 1. The van der Waals surface area contributed by atoms with E-state index in [-0.39, 0.29) is 16.1 Å². The number of halogens is 1. The van der Waals surface area contributed by atoms with Crippen LogP contribution in [-0.2, 0) is 5.41 Å². The molecule has 0 bridgehead atoms. The fourth-order valence-electron chi connectivity index (χ4n) is 2.16. The lowest BCUT2D eigenvalue weighted by Crippen LogP contribution is -2.18. The van der Waals surface area contributed by atoms with Crippen molar-refractivity contribution in [3.8, 4) is 5.69 Å². The lowest BCUT2D eigenvalue weighted by atomic mass is 9.91. The Hall–Kier alpha value is -1.81. The van der Waals surface area contributed by atoms with Crippen LogP contribution in [0.1, 0.15) is 42.5 Å². The van der Waals surface area contributed by atoms with Gasteiger partial charge in [0.2, 0.25) is 0 Å². The molecule has 0 aliphatic rings. The van der Waals surface area contributed by atoms with E-state index in [1.54, 1.807) is 4.68 Å². The quantitative estimate of drug-likeness (QED) is 0.915. The zero-order valence-corrected chi connectivity index (χ0v) is 12.7. The highest BCUT2D eigenvalue weighted by Crippen LogP contribution is 2.34. The smallest absolute Gasteiger partial charge is 0.358 e. The molecule has 5 heteroatoms.